The van der Waals surface area contributed by atoms with Crippen LogP contribution in [0.15, 0.2) is 91.0 Å². The summed E-state index contributed by atoms with van der Waals surface area (Å²) in [5.74, 6) is 0. The van der Waals surface area contributed by atoms with Crippen molar-refractivity contribution < 1.29 is 19.7 Å². The summed E-state index contributed by atoms with van der Waals surface area (Å²) >= 11 is 0. The molecule has 3 unspecified atom stereocenters. The van der Waals surface area contributed by atoms with Gasteiger partial charge >= 0.3 is 6.09 Å². The number of ether oxygens (including phenoxy) is 1. The molecule has 3 aromatic carbocycles. The normalized spacial score (nSPS) is 22.2. The Hall–Kier alpha value is -3.19. The second-order valence-electron chi connectivity index (χ2n) is 12.2. The lowest BCUT2D eigenvalue weighted by atomic mass is 9.73. The first-order valence-corrected chi connectivity index (χ1v) is 14.5. The minimum Gasteiger partial charge on any atom is -0.444 e. The van der Waals surface area contributed by atoms with Gasteiger partial charge in [-0.25, -0.2) is 4.79 Å². The van der Waals surface area contributed by atoms with Gasteiger partial charge in [0.2, 0.25) is 0 Å². The Balaban J connectivity index is 1.69. The molecule has 2 bridgehead atoms. The molecule has 3 aromatic rings. The number of likely N-dealkylation sites (tertiary alicyclic amines) is 1. The topological polar surface area (TPSA) is 73.2 Å². The summed E-state index contributed by atoms with van der Waals surface area (Å²) in [6.07, 6.45) is 1.15. The van der Waals surface area contributed by atoms with Gasteiger partial charge in [-0.05, 0) is 63.1 Å². The third kappa shape index (κ3) is 5.05. The number of amides is 1. The van der Waals surface area contributed by atoms with Crippen LogP contribution in [0.25, 0.3) is 0 Å². The van der Waals surface area contributed by atoms with E-state index < -0.39 is 22.8 Å². The summed E-state index contributed by atoms with van der Waals surface area (Å²) in [5.41, 5.74) is 1.28. The molecule has 3 atom stereocenters. The number of nitrogens with zero attached hydrogens (tertiary/aromatic N) is 2. The zero-order chi connectivity index (χ0) is 28.4. The summed E-state index contributed by atoms with van der Waals surface area (Å²) < 4.78 is 5.92. The largest absolute Gasteiger partial charge is 0.444 e. The predicted octanol–water partition coefficient (Wildman–Crippen LogP) is 5.57. The first-order valence-electron chi connectivity index (χ1n) is 14.5. The van der Waals surface area contributed by atoms with Crippen molar-refractivity contribution in [1.29, 1.82) is 0 Å². The molecule has 0 spiro atoms. The maximum atomic E-state index is 13.7. The van der Waals surface area contributed by atoms with Crippen molar-refractivity contribution in [2.75, 3.05) is 19.7 Å². The van der Waals surface area contributed by atoms with E-state index in [1.807, 2.05) is 43.9 Å². The van der Waals surface area contributed by atoms with Crippen LogP contribution in [0.3, 0.4) is 0 Å². The van der Waals surface area contributed by atoms with E-state index in [-0.39, 0.29) is 18.7 Å². The number of carbonyl (C=O) groups excluding carboxylic acids is 1. The van der Waals surface area contributed by atoms with Gasteiger partial charge in [0, 0.05) is 25.7 Å². The van der Waals surface area contributed by atoms with Gasteiger partial charge in [0.15, 0.2) is 0 Å². The molecule has 0 aromatic heterocycles. The fraction of sp³-hybridized carbons (Fsp3) is 0.441. The lowest BCUT2D eigenvalue weighted by molar-refractivity contribution is -0.0953. The predicted molar refractivity (Wildman–Crippen MR) is 157 cm³/mol. The van der Waals surface area contributed by atoms with Crippen LogP contribution in [-0.2, 0) is 10.3 Å². The average Bonchev–Trinajstić information content (AvgIpc) is 3.20. The van der Waals surface area contributed by atoms with E-state index in [9.17, 15) is 15.0 Å². The molecule has 5 rings (SSSR count). The number of carbonyl (C=O) groups is 1. The van der Waals surface area contributed by atoms with Crippen LogP contribution in [-0.4, -0.2) is 69.1 Å². The molecule has 6 nitrogen and oxygen atoms in total. The number of hydrogen-bond donors (Lipinski definition) is 2. The molecule has 0 saturated carbocycles. The van der Waals surface area contributed by atoms with Crippen molar-refractivity contribution in [3.05, 3.63) is 108 Å². The molecular formula is C34H42N2O4. The third-order valence-electron chi connectivity index (χ3n) is 8.55. The number of fused-ring (bicyclic) bond motifs is 2. The van der Waals surface area contributed by atoms with Gasteiger partial charge in [0.1, 0.15) is 5.60 Å². The Labute approximate surface area is 238 Å². The number of aliphatic hydroxyl groups excluding tert-OH is 2. The fourth-order valence-electron chi connectivity index (χ4n) is 6.98. The highest BCUT2D eigenvalue weighted by Gasteiger charge is 2.61. The van der Waals surface area contributed by atoms with E-state index in [0.717, 1.165) is 23.1 Å². The van der Waals surface area contributed by atoms with Gasteiger partial charge in [0.05, 0.1) is 17.2 Å². The molecule has 0 radical (unpaired) electrons. The van der Waals surface area contributed by atoms with Crippen LogP contribution in [0, 0.1) is 0 Å². The zero-order valence-electron chi connectivity index (χ0n) is 23.9. The van der Waals surface area contributed by atoms with Gasteiger partial charge in [-0.2, -0.15) is 0 Å². The molecule has 2 N–H and O–H groups in total. The second-order valence-corrected chi connectivity index (χ2v) is 12.2. The molecule has 6 heteroatoms. The van der Waals surface area contributed by atoms with Crippen LogP contribution < -0.4 is 0 Å². The number of hydrogen-bond acceptors (Lipinski definition) is 5. The quantitative estimate of drug-likeness (QED) is 0.365. The zero-order valence-corrected chi connectivity index (χ0v) is 23.9. The van der Waals surface area contributed by atoms with E-state index in [2.05, 4.69) is 77.7 Å². The molecule has 40 heavy (non-hydrogen) atoms. The Morgan fingerprint density at radius 1 is 0.925 bits per heavy atom. The Bertz CT molecular complexity index is 1160. The smallest absolute Gasteiger partial charge is 0.411 e. The molecule has 1 amide bonds. The van der Waals surface area contributed by atoms with Gasteiger partial charge in [-0.3, -0.25) is 9.80 Å². The monoisotopic (exact) mass is 542 g/mol. The maximum Gasteiger partial charge on any atom is 0.411 e. The van der Waals surface area contributed by atoms with E-state index in [1.165, 1.54) is 0 Å². The highest BCUT2D eigenvalue weighted by Crippen LogP contribution is 2.50. The first kappa shape index (κ1) is 28.3. The van der Waals surface area contributed by atoms with Gasteiger partial charge in [-0.1, -0.05) is 91.0 Å². The number of rotatable bonds is 8. The summed E-state index contributed by atoms with van der Waals surface area (Å²) in [6.45, 7) is 6.73. The molecule has 2 aliphatic heterocycles. The van der Waals surface area contributed by atoms with Gasteiger partial charge in [-0.15, -0.1) is 0 Å². The van der Waals surface area contributed by atoms with E-state index in [0.29, 0.717) is 32.4 Å². The Morgan fingerprint density at radius 3 is 1.88 bits per heavy atom. The molecule has 0 aliphatic carbocycles. The number of piperazine rings is 1. The second kappa shape index (κ2) is 11.4. The molecular weight excluding hydrogens is 500 g/mol. The van der Waals surface area contributed by atoms with E-state index >= 15 is 0 Å². The minimum absolute atomic E-state index is 0.00525. The van der Waals surface area contributed by atoms with E-state index in [1.54, 1.807) is 0 Å². The molecule has 2 aliphatic rings. The highest BCUT2D eigenvalue weighted by molar-refractivity contribution is 5.71. The van der Waals surface area contributed by atoms with Crippen molar-refractivity contribution in [3.63, 3.8) is 0 Å². The Morgan fingerprint density at radius 2 is 1.43 bits per heavy atom. The molecule has 2 fully saturated rings. The SMILES string of the molecule is CC(C)(C)OC(=O)N1C2CCC1(C(O)CCCO)CN(C(c1ccccc1)(c1ccccc1)c1ccccc1)C2. The van der Waals surface area contributed by atoms with Crippen molar-refractivity contribution in [2.45, 2.75) is 75.3 Å². The highest BCUT2D eigenvalue weighted by atomic mass is 16.6. The Kier molecular flexibility index (Phi) is 8.05. The molecule has 212 valence electrons. The minimum atomic E-state index is -0.843. The van der Waals surface area contributed by atoms with Crippen molar-refractivity contribution >= 4 is 6.09 Å². The summed E-state index contributed by atoms with van der Waals surface area (Å²) in [7, 11) is 0. The first-order chi connectivity index (χ1) is 19.2. The lowest BCUT2D eigenvalue weighted by Gasteiger charge is -2.56. The van der Waals surface area contributed by atoms with Crippen LogP contribution in [0.4, 0.5) is 4.79 Å². The van der Waals surface area contributed by atoms with Crippen LogP contribution >= 0.6 is 0 Å². The van der Waals surface area contributed by atoms with Gasteiger partial charge in [0.25, 0.3) is 0 Å². The van der Waals surface area contributed by atoms with Crippen molar-refractivity contribution in [2.24, 2.45) is 0 Å². The summed E-state index contributed by atoms with van der Waals surface area (Å²) in [6, 6.07) is 31.5. The summed E-state index contributed by atoms with van der Waals surface area (Å²) in [5, 5.41) is 21.4. The average molecular weight is 543 g/mol. The fourth-order valence-corrected chi connectivity index (χ4v) is 6.98. The maximum absolute atomic E-state index is 13.7. The van der Waals surface area contributed by atoms with Crippen molar-refractivity contribution in [3.8, 4) is 0 Å². The molecule has 2 heterocycles. The third-order valence-corrected chi connectivity index (χ3v) is 8.55. The van der Waals surface area contributed by atoms with Gasteiger partial charge < -0.3 is 14.9 Å². The summed E-state index contributed by atoms with van der Waals surface area (Å²) in [4.78, 5) is 18.1. The number of benzene rings is 3. The van der Waals surface area contributed by atoms with E-state index in [4.69, 9.17) is 4.74 Å². The lowest BCUT2D eigenvalue weighted by Crippen LogP contribution is -2.71. The van der Waals surface area contributed by atoms with Crippen LogP contribution in [0.5, 0.6) is 0 Å². The van der Waals surface area contributed by atoms with Crippen LogP contribution in [0.1, 0.15) is 63.1 Å². The van der Waals surface area contributed by atoms with Crippen LogP contribution in [0.2, 0.25) is 0 Å². The standard InChI is InChI=1S/C34H42N2O4/c1-32(2,3)40-31(39)36-29-21-22-33(36,30(38)20-13-23-37)25-35(24-29)34(26-14-7-4-8-15-26,27-16-9-5-10-17-27)28-18-11-6-12-19-28/h4-12,14-19,29-30,37-38H,13,20-25H2,1-3H3. The van der Waals surface area contributed by atoms with Crippen molar-refractivity contribution in [1.82, 2.24) is 9.80 Å². The molecule has 2 saturated heterocycles. The number of aliphatic hydroxyl groups is 2.